The molecule has 1 amide bonds. The molecule has 0 unspecified atom stereocenters. The van der Waals surface area contributed by atoms with Crippen LogP contribution in [0.5, 0.6) is 11.5 Å². The van der Waals surface area contributed by atoms with Crippen molar-refractivity contribution in [2.24, 2.45) is 0 Å². The molecule has 25 heavy (non-hydrogen) atoms. The maximum Gasteiger partial charge on any atom is 0.276 e. The van der Waals surface area contributed by atoms with Gasteiger partial charge in [-0.25, -0.2) is 0 Å². The van der Waals surface area contributed by atoms with Gasteiger partial charge in [-0.15, -0.1) is 10.2 Å². The van der Waals surface area contributed by atoms with Crippen molar-refractivity contribution < 1.29 is 19.0 Å². The number of rotatable bonds is 7. The number of amides is 1. The number of carbonyl (C=O) groups is 1. The minimum absolute atomic E-state index is 0.234. The van der Waals surface area contributed by atoms with Crippen molar-refractivity contribution in [1.82, 2.24) is 10.2 Å². The summed E-state index contributed by atoms with van der Waals surface area (Å²) in [5.74, 6) is 1.57. The van der Waals surface area contributed by atoms with Crippen molar-refractivity contribution in [3.05, 3.63) is 36.0 Å². The summed E-state index contributed by atoms with van der Waals surface area (Å²) < 4.78 is 15.9. The maximum absolute atomic E-state index is 12.3. The lowest BCUT2D eigenvalue weighted by molar-refractivity contribution is 0.102. The van der Waals surface area contributed by atoms with Gasteiger partial charge in [0.1, 0.15) is 19.0 Å². The van der Waals surface area contributed by atoms with Gasteiger partial charge in [0.25, 0.3) is 5.91 Å². The number of nitrogens with zero attached hydrogens (tertiary/aromatic N) is 2. The van der Waals surface area contributed by atoms with Gasteiger partial charge in [0, 0.05) is 32.0 Å². The molecule has 0 aliphatic carbocycles. The van der Waals surface area contributed by atoms with Gasteiger partial charge < -0.3 is 24.8 Å². The summed E-state index contributed by atoms with van der Waals surface area (Å²) >= 11 is 0. The average molecular weight is 344 g/mol. The summed E-state index contributed by atoms with van der Waals surface area (Å²) in [5, 5.41) is 13.8. The van der Waals surface area contributed by atoms with Crippen molar-refractivity contribution in [3.8, 4) is 11.5 Å². The number of hydrogen-bond acceptors (Lipinski definition) is 7. The van der Waals surface area contributed by atoms with Crippen LogP contribution in [0.3, 0.4) is 0 Å². The summed E-state index contributed by atoms with van der Waals surface area (Å²) in [5.41, 5.74) is 0.843. The molecule has 2 heterocycles. The Kier molecular flexibility index (Phi) is 5.63. The van der Waals surface area contributed by atoms with E-state index in [1.165, 1.54) is 0 Å². The Hall–Kier alpha value is -2.87. The summed E-state index contributed by atoms with van der Waals surface area (Å²) in [6, 6.07) is 8.59. The zero-order chi connectivity index (χ0) is 17.5. The molecule has 3 rings (SSSR count). The summed E-state index contributed by atoms with van der Waals surface area (Å²) in [4.78, 5) is 12.3. The second-order valence-electron chi connectivity index (χ2n) is 5.39. The van der Waals surface area contributed by atoms with Crippen LogP contribution in [0.4, 0.5) is 11.5 Å². The molecule has 0 saturated carbocycles. The van der Waals surface area contributed by atoms with Crippen LogP contribution in [0.2, 0.25) is 0 Å². The van der Waals surface area contributed by atoms with Gasteiger partial charge in [0.2, 0.25) is 0 Å². The van der Waals surface area contributed by atoms with E-state index in [0.717, 1.165) is 13.0 Å². The molecule has 2 aromatic rings. The highest BCUT2D eigenvalue weighted by Gasteiger charge is 2.14. The van der Waals surface area contributed by atoms with Crippen LogP contribution in [0.1, 0.15) is 16.9 Å². The summed E-state index contributed by atoms with van der Waals surface area (Å²) in [6.45, 7) is 2.43. The van der Waals surface area contributed by atoms with Gasteiger partial charge in [-0.3, -0.25) is 4.79 Å². The molecule has 1 aromatic heterocycles. The second-order valence-corrected chi connectivity index (χ2v) is 5.39. The standard InChI is InChI=1S/C17H20N4O4/c1-23-8-2-7-18-16-6-4-13(20-21-16)17(22)19-12-3-5-14-15(11-12)25-10-9-24-14/h3-6,11H,2,7-10H2,1H3,(H,18,21)(H,19,22). The molecule has 8 nitrogen and oxygen atoms in total. The predicted octanol–water partition coefficient (Wildman–Crippen LogP) is 1.95. The van der Waals surface area contributed by atoms with Gasteiger partial charge in [-0.05, 0) is 30.7 Å². The molecular weight excluding hydrogens is 324 g/mol. The molecule has 0 saturated heterocycles. The quantitative estimate of drug-likeness (QED) is 0.741. The first-order valence-electron chi connectivity index (χ1n) is 8.04. The van der Waals surface area contributed by atoms with Crippen LogP contribution in [-0.2, 0) is 4.74 Å². The monoisotopic (exact) mass is 344 g/mol. The summed E-state index contributed by atoms with van der Waals surface area (Å²) in [6.07, 6.45) is 0.866. The average Bonchev–Trinajstić information content (AvgIpc) is 2.65. The van der Waals surface area contributed by atoms with Crippen molar-refractivity contribution in [2.45, 2.75) is 6.42 Å². The maximum atomic E-state index is 12.3. The zero-order valence-corrected chi connectivity index (χ0v) is 13.9. The number of ether oxygens (including phenoxy) is 3. The van der Waals surface area contributed by atoms with Gasteiger partial charge in [-0.2, -0.15) is 0 Å². The first-order valence-corrected chi connectivity index (χ1v) is 8.04. The van der Waals surface area contributed by atoms with Crippen molar-refractivity contribution in [3.63, 3.8) is 0 Å². The molecule has 0 spiro atoms. The first kappa shape index (κ1) is 17.0. The highest BCUT2D eigenvalue weighted by molar-refractivity contribution is 6.02. The zero-order valence-electron chi connectivity index (χ0n) is 13.9. The minimum Gasteiger partial charge on any atom is -0.486 e. The molecule has 1 aliphatic rings. The molecule has 0 bridgehead atoms. The fraction of sp³-hybridized carbons (Fsp3) is 0.353. The molecule has 0 atom stereocenters. The van der Waals surface area contributed by atoms with Crippen LogP contribution in [0, 0.1) is 0 Å². The number of anilines is 2. The number of methoxy groups -OCH3 is 1. The molecule has 0 radical (unpaired) electrons. The number of benzene rings is 1. The Morgan fingerprint density at radius 3 is 2.76 bits per heavy atom. The molecule has 1 aliphatic heterocycles. The third kappa shape index (κ3) is 4.57. The van der Waals surface area contributed by atoms with Gasteiger partial charge in [-0.1, -0.05) is 0 Å². The number of carbonyl (C=O) groups excluding carboxylic acids is 1. The van der Waals surface area contributed by atoms with E-state index >= 15 is 0 Å². The largest absolute Gasteiger partial charge is 0.486 e. The number of aromatic nitrogens is 2. The molecule has 132 valence electrons. The second kappa shape index (κ2) is 8.29. The van der Waals surface area contributed by atoms with E-state index in [2.05, 4.69) is 20.8 Å². The lowest BCUT2D eigenvalue weighted by atomic mass is 10.2. The lowest BCUT2D eigenvalue weighted by Crippen LogP contribution is -2.17. The van der Waals surface area contributed by atoms with Crippen LogP contribution >= 0.6 is 0 Å². The Labute approximate surface area is 145 Å². The Balaban J connectivity index is 1.57. The van der Waals surface area contributed by atoms with Crippen molar-refractivity contribution in [1.29, 1.82) is 0 Å². The number of fused-ring (bicyclic) bond motifs is 1. The molecule has 8 heteroatoms. The highest BCUT2D eigenvalue weighted by Crippen LogP contribution is 2.32. The molecule has 2 N–H and O–H groups in total. The van der Waals surface area contributed by atoms with Crippen LogP contribution in [0.25, 0.3) is 0 Å². The Morgan fingerprint density at radius 2 is 2.00 bits per heavy atom. The van der Waals surface area contributed by atoms with E-state index in [9.17, 15) is 4.79 Å². The van der Waals surface area contributed by atoms with Crippen LogP contribution in [-0.4, -0.2) is 49.6 Å². The number of hydrogen-bond donors (Lipinski definition) is 2. The fourth-order valence-electron chi connectivity index (χ4n) is 2.30. The smallest absolute Gasteiger partial charge is 0.276 e. The van der Waals surface area contributed by atoms with E-state index in [-0.39, 0.29) is 11.6 Å². The SMILES string of the molecule is COCCCNc1ccc(C(=O)Nc2ccc3c(c2)OCCO3)nn1. The summed E-state index contributed by atoms with van der Waals surface area (Å²) in [7, 11) is 1.66. The first-order chi connectivity index (χ1) is 12.3. The van der Waals surface area contributed by atoms with Gasteiger partial charge >= 0.3 is 0 Å². The van der Waals surface area contributed by atoms with E-state index in [4.69, 9.17) is 14.2 Å². The Morgan fingerprint density at radius 1 is 1.16 bits per heavy atom. The normalized spacial score (nSPS) is 12.5. The van der Waals surface area contributed by atoms with E-state index in [1.54, 1.807) is 37.4 Å². The third-order valence-electron chi connectivity index (χ3n) is 3.53. The van der Waals surface area contributed by atoms with Crippen molar-refractivity contribution in [2.75, 3.05) is 44.1 Å². The molecular formula is C17H20N4O4. The van der Waals surface area contributed by atoms with Crippen molar-refractivity contribution >= 4 is 17.4 Å². The van der Waals surface area contributed by atoms with E-state index < -0.39 is 0 Å². The highest BCUT2D eigenvalue weighted by atomic mass is 16.6. The topological polar surface area (TPSA) is 94.6 Å². The van der Waals surface area contributed by atoms with Gasteiger partial charge in [0.15, 0.2) is 17.2 Å². The third-order valence-corrected chi connectivity index (χ3v) is 3.53. The van der Waals surface area contributed by atoms with E-state index in [0.29, 0.717) is 42.8 Å². The Bertz CT molecular complexity index is 721. The van der Waals surface area contributed by atoms with E-state index in [1.807, 2.05) is 0 Å². The molecule has 1 aromatic carbocycles. The minimum atomic E-state index is -0.338. The van der Waals surface area contributed by atoms with Crippen LogP contribution in [0.15, 0.2) is 30.3 Å². The predicted molar refractivity (Wildman–Crippen MR) is 92.4 cm³/mol. The fourth-order valence-corrected chi connectivity index (χ4v) is 2.30. The lowest BCUT2D eigenvalue weighted by Gasteiger charge is -2.18. The number of nitrogens with one attached hydrogen (secondary N) is 2. The van der Waals surface area contributed by atoms with Crippen LogP contribution < -0.4 is 20.1 Å². The molecule has 0 fully saturated rings. The van der Waals surface area contributed by atoms with Gasteiger partial charge in [0.05, 0.1) is 0 Å².